The van der Waals surface area contributed by atoms with E-state index < -0.39 is 11.7 Å². The summed E-state index contributed by atoms with van der Waals surface area (Å²) in [5.41, 5.74) is -0.00924. The average molecular weight is 335 g/mol. The Bertz CT molecular complexity index is 687. The number of rotatable bonds is 6. The Morgan fingerprint density at radius 1 is 1.04 bits per heavy atom. The summed E-state index contributed by atoms with van der Waals surface area (Å²) in [7, 11) is 0. The van der Waals surface area contributed by atoms with E-state index in [2.05, 4.69) is 16.0 Å². The highest BCUT2D eigenvalue weighted by Gasteiger charge is 2.09. The van der Waals surface area contributed by atoms with Gasteiger partial charge in [-0.05, 0) is 31.2 Å². The second-order valence-electron chi connectivity index (χ2n) is 4.86. The molecule has 2 rings (SSSR count). The number of carbonyl (C=O) groups is 2. The zero-order valence-electron chi connectivity index (χ0n) is 12.7. The van der Waals surface area contributed by atoms with Crippen molar-refractivity contribution in [1.82, 2.24) is 16.0 Å². The molecule has 0 saturated carbocycles. The number of hydrogen-bond acceptors (Lipinski definition) is 3. The third kappa shape index (κ3) is 5.37. The first kappa shape index (κ1) is 17.0. The molecular weight excluding hydrogens is 317 g/mol. The Kier molecular flexibility index (Phi) is 6.10. The van der Waals surface area contributed by atoms with Gasteiger partial charge >= 0.3 is 6.03 Å². The van der Waals surface area contributed by atoms with Crippen LogP contribution >= 0.6 is 11.3 Å². The van der Waals surface area contributed by atoms with E-state index in [1.807, 2.05) is 19.1 Å². The number of benzene rings is 1. The smallest absolute Gasteiger partial charge is 0.315 e. The van der Waals surface area contributed by atoms with Crippen LogP contribution in [0.1, 0.15) is 20.1 Å². The van der Waals surface area contributed by atoms with Gasteiger partial charge in [-0.1, -0.05) is 12.1 Å². The van der Waals surface area contributed by atoms with Gasteiger partial charge < -0.3 is 16.0 Å². The lowest BCUT2D eigenvalue weighted by molar-refractivity contribution is 0.0950. The van der Waals surface area contributed by atoms with Crippen molar-refractivity contribution in [2.24, 2.45) is 0 Å². The summed E-state index contributed by atoms with van der Waals surface area (Å²) in [6.07, 6.45) is 0. The van der Waals surface area contributed by atoms with Gasteiger partial charge in [0.05, 0.1) is 12.1 Å². The molecule has 0 spiro atoms. The minimum Gasteiger partial charge on any atom is -0.350 e. The molecule has 1 aromatic carbocycles. The van der Waals surface area contributed by atoms with Crippen molar-refractivity contribution in [2.45, 2.75) is 13.5 Å². The van der Waals surface area contributed by atoms with Crippen LogP contribution in [0.15, 0.2) is 36.4 Å². The predicted octanol–water partition coefficient (Wildman–Crippen LogP) is 2.42. The molecule has 5 nitrogen and oxygen atoms in total. The van der Waals surface area contributed by atoms with Crippen LogP contribution in [0, 0.1) is 12.7 Å². The summed E-state index contributed by atoms with van der Waals surface area (Å²) >= 11 is 1.63. The number of thiophene rings is 1. The summed E-state index contributed by atoms with van der Waals surface area (Å²) in [5.74, 6) is -1.07. The quantitative estimate of drug-likeness (QED) is 0.710. The SMILES string of the molecule is Cc1ccc(CNC(=O)NCCNC(=O)c2ccccc2F)s1. The van der Waals surface area contributed by atoms with Crippen molar-refractivity contribution < 1.29 is 14.0 Å². The molecule has 0 saturated heterocycles. The third-order valence-corrected chi connectivity index (χ3v) is 4.03. The highest BCUT2D eigenvalue weighted by molar-refractivity contribution is 7.11. The van der Waals surface area contributed by atoms with Crippen LogP contribution in [-0.2, 0) is 6.54 Å². The maximum absolute atomic E-state index is 13.4. The lowest BCUT2D eigenvalue weighted by Gasteiger charge is -2.08. The number of amides is 3. The highest BCUT2D eigenvalue weighted by Crippen LogP contribution is 2.14. The minimum absolute atomic E-state index is 0.00924. The van der Waals surface area contributed by atoms with Crippen LogP contribution in [0.3, 0.4) is 0 Å². The molecule has 122 valence electrons. The van der Waals surface area contributed by atoms with Gasteiger partial charge in [0.15, 0.2) is 0 Å². The van der Waals surface area contributed by atoms with Gasteiger partial charge in [-0.3, -0.25) is 4.79 Å². The number of urea groups is 1. The second-order valence-corrected chi connectivity index (χ2v) is 6.23. The van der Waals surface area contributed by atoms with E-state index in [1.54, 1.807) is 17.4 Å². The lowest BCUT2D eigenvalue weighted by Crippen LogP contribution is -2.40. The first-order valence-electron chi connectivity index (χ1n) is 7.16. The monoisotopic (exact) mass is 335 g/mol. The molecule has 23 heavy (non-hydrogen) atoms. The minimum atomic E-state index is -0.568. The van der Waals surface area contributed by atoms with Crippen LogP contribution in [0.2, 0.25) is 0 Å². The van der Waals surface area contributed by atoms with Crippen LogP contribution in [0.5, 0.6) is 0 Å². The summed E-state index contributed by atoms with van der Waals surface area (Å²) in [6.45, 7) is 2.95. The van der Waals surface area contributed by atoms with E-state index in [-0.39, 0.29) is 24.7 Å². The van der Waals surface area contributed by atoms with Crippen molar-refractivity contribution in [1.29, 1.82) is 0 Å². The van der Waals surface area contributed by atoms with Gasteiger partial charge in [0.25, 0.3) is 5.91 Å². The standard InChI is InChI=1S/C16H18FN3O2S/c1-11-6-7-12(23-11)10-20-16(22)19-9-8-18-15(21)13-4-2-3-5-14(13)17/h2-7H,8-10H2,1H3,(H,18,21)(H2,19,20,22). The second kappa shape index (κ2) is 8.28. The molecule has 1 heterocycles. The zero-order chi connectivity index (χ0) is 16.7. The van der Waals surface area contributed by atoms with Crippen molar-refractivity contribution in [3.63, 3.8) is 0 Å². The van der Waals surface area contributed by atoms with Gasteiger partial charge in [-0.2, -0.15) is 0 Å². The van der Waals surface area contributed by atoms with Gasteiger partial charge in [0, 0.05) is 22.8 Å². The number of hydrogen-bond donors (Lipinski definition) is 3. The van der Waals surface area contributed by atoms with E-state index in [4.69, 9.17) is 0 Å². The average Bonchev–Trinajstić information content (AvgIpc) is 2.95. The normalized spacial score (nSPS) is 10.2. The van der Waals surface area contributed by atoms with Crippen LogP contribution < -0.4 is 16.0 Å². The van der Waals surface area contributed by atoms with Crippen molar-refractivity contribution in [3.05, 3.63) is 57.5 Å². The summed E-state index contributed by atoms with van der Waals surface area (Å²) < 4.78 is 13.4. The molecule has 1 aromatic heterocycles. The molecular formula is C16H18FN3O2S. The number of halogens is 1. The molecule has 0 atom stereocenters. The number of nitrogens with one attached hydrogen (secondary N) is 3. The third-order valence-electron chi connectivity index (χ3n) is 3.03. The molecule has 2 aromatic rings. The summed E-state index contributed by atoms with van der Waals surface area (Å²) in [4.78, 5) is 25.6. The molecule has 0 aliphatic carbocycles. The van der Waals surface area contributed by atoms with E-state index >= 15 is 0 Å². The van der Waals surface area contributed by atoms with E-state index in [9.17, 15) is 14.0 Å². The molecule has 3 N–H and O–H groups in total. The first-order valence-corrected chi connectivity index (χ1v) is 7.97. The van der Waals surface area contributed by atoms with Gasteiger partial charge in [0.2, 0.25) is 0 Å². The maximum Gasteiger partial charge on any atom is 0.315 e. The Morgan fingerprint density at radius 2 is 1.78 bits per heavy atom. The van der Waals surface area contributed by atoms with Gasteiger partial charge in [-0.15, -0.1) is 11.3 Å². The zero-order valence-corrected chi connectivity index (χ0v) is 13.5. The largest absolute Gasteiger partial charge is 0.350 e. The molecule has 0 bridgehead atoms. The number of carbonyl (C=O) groups excluding carboxylic acids is 2. The molecule has 0 aliphatic heterocycles. The summed E-state index contributed by atoms with van der Waals surface area (Å²) in [5, 5.41) is 7.91. The molecule has 0 unspecified atom stereocenters. The Labute approximate surface area is 137 Å². The molecule has 0 aliphatic rings. The van der Waals surface area contributed by atoms with Crippen LogP contribution in [0.4, 0.5) is 9.18 Å². The van der Waals surface area contributed by atoms with Crippen molar-refractivity contribution in [3.8, 4) is 0 Å². The Hall–Kier alpha value is -2.41. The van der Waals surface area contributed by atoms with Crippen molar-refractivity contribution in [2.75, 3.05) is 13.1 Å². The molecule has 3 amide bonds. The van der Waals surface area contributed by atoms with Crippen molar-refractivity contribution >= 4 is 23.3 Å². The molecule has 0 radical (unpaired) electrons. The van der Waals surface area contributed by atoms with Crippen LogP contribution in [0.25, 0.3) is 0 Å². The predicted molar refractivity (Wildman–Crippen MR) is 88.0 cm³/mol. The fraction of sp³-hybridized carbons (Fsp3) is 0.250. The van der Waals surface area contributed by atoms with Crippen LogP contribution in [-0.4, -0.2) is 25.0 Å². The van der Waals surface area contributed by atoms with Gasteiger partial charge in [-0.25, -0.2) is 9.18 Å². The van der Waals surface area contributed by atoms with E-state index in [0.29, 0.717) is 6.54 Å². The first-order chi connectivity index (χ1) is 11.1. The molecule has 7 heteroatoms. The topological polar surface area (TPSA) is 70.2 Å². The molecule has 0 fully saturated rings. The lowest BCUT2D eigenvalue weighted by atomic mass is 10.2. The maximum atomic E-state index is 13.4. The summed E-state index contributed by atoms with van der Waals surface area (Å²) in [6, 6.07) is 9.41. The Morgan fingerprint density at radius 3 is 2.48 bits per heavy atom. The fourth-order valence-corrected chi connectivity index (χ4v) is 2.73. The van der Waals surface area contributed by atoms with E-state index in [0.717, 1.165) is 4.88 Å². The highest BCUT2D eigenvalue weighted by atomic mass is 32.1. The Balaban J connectivity index is 1.64. The van der Waals surface area contributed by atoms with Gasteiger partial charge in [0.1, 0.15) is 5.82 Å². The fourth-order valence-electron chi connectivity index (χ4n) is 1.90. The number of aryl methyl sites for hydroxylation is 1. The van der Waals surface area contributed by atoms with E-state index in [1.165, 1.54) is 23.1 Å².